The van der Waals surface area contributed by atoms with E-state index in [4.69, 9.17) is 4.74 Å². The maximum absolute atomic E-state index is 13.3. The minimum absolute atomic E-state index is 0.214. The molecule has 1 aliphatic rings. The van der Waals surface area contributed by atoms with E-state index in [0.29, 0.717) is 24.7 Å². The molecule has 1 saturated carbocycles. The van der Waals surface area contributed by atoms with Crippen molar-refractivity contribution >= 4 is 5.97 Å². The molecule has 1 aromatic heterocycles. The van der Waals surface area contributed by atoms with Gasteiger partial charge in [-0.25, -0.2) is 9.18 Å². The van der Waals surface area contributed by atoms with Crippen LogP contribution in [0.15, 0.2) is 66.9 Å². The summed E-state index contributed by atoms with van der Waals surface area (Å²) in [7, 11) is 1.43. The normalized spacial score (nSPS) is 14.6. The van der Waals surface area contributed by atoms with E-state index in [1.807, 2.05) is 36.4 Å². The molecule has 4 rings (SSSR count). The second-order valence-electron chi connectivity index (χ2n) is 8.60. The summed E-state index contributed by atoms with van der Waals surface area (Å²) in [6, 6.07) is 19.2. The highest BCUT2D eigenvalue weighted by molar-refractivity contribution is 5.90. The Hall–Kier alpha value is -2.92. The molecule has 0 atom stereocenters. The lowest BCUT2D eigenvalue weighted by atomic mass is 9.93. The lowest BCUT2D eigenvalue weighted by Gasteiger charge is -2.35. The van der Waals surface area contributed by atoms with E-state index in [9.17, 15) is 9.18 Å². The molecule has 168 valence electrons. The van der Waals surface area contributed by atoms with Crippen molar-refractivity contribution in [3.05, 3.63) is 95.1 Å². The van der Waals surface area contributed by atoms with Gasteiger partial charge in [0.05, 0.1) is 12.7 Å². The Morgan fingerprint density at radius 1 is 1.00 bits per heavy atom. The first kappa shape index (κ1) is 22.3. The number of halogens is 1. The molecule has 0 bridgehead atoms. The van der Waals surface area contributed by atoms with Crippen LogP contribution in [0.5, 0.6) is 0 Å². The number of carbonyl (C=O) groups is 1. The Bertz CT molecular complexity index is 1020. The first-order valence-corrected chi connectivity index (χ1v) is 11.4. The van der Waals surface area contributed by atoms with Gasteiger partial charge in [-0.1, -0.05) is 49.6 Å². The average molecular weight is 435 g/mol. The molecular weight excluding hydrogens is 403 g/mol. The predicted octanol–water partition coefficient (Wildman–Crippen LogP) is 5.80. The van der Waals surface area contributed by atoms with E-state index in [1.54, 1.807) is 0 Å². The van der Waals surface area contributed by atoms with Crippen LogP contribution in [0, 0.1) is 5.82 Å². The lowest BCUT2D eigenvalue weighted by molar-refractivity contribution is 0.0596. The number of rotatable bonds is 8. The molecule has 0 unspecified atom stereocenters. The summed E-state index contributed by atoms with van der Waals surface area (Å²) < 4.78 is 20.5. The van der Waals surface area contributed by atoms with Crippen molar-refractivity contribution in [2.45, 2.75) is 57.8 Å². The number of benzene rings is 2. The molecule has 0 amide bonds. The van der Waals surface area contributed by atoms with Crippen LogP contribution in [0.1, 0.15) is 59.3 Å². The molecule has 0 N–H and O–H groups in total. The van der Waals surface area contributed by atoms with Crippen molar-refractivity contribution in [2.75, 3.05) is 7.11 Å². The number of methoxy groups -OCH3 is 1. The van der Waals surface area contributed by atoms with E-state index in [-0.39, 0.29) is 11.8 Å². The van der Waals surface area contributed by atoms with E-state index >= 15 is 0 Å². The third kappa shape index (κ3) is 5.46. The number of esters is 1. The summed E-state index contributed by atoms with van der Waals surface area (Å²) in [6.45, 7) is 2.21. The molecule has 5 heteroatoms. The van der Waals surface area contributed by atoms with Gasteiger partial charge in [0.15, 0.2) is 0 Å². The number of carbonyl (C=O) groups excluding carboxylic acids is 1. The van der Waals surface area contributed by atoms with Gasteiger partial charge in [0, 0.05) is 37.6 Å². The summed E-state index contributed by atoms with van der Waals surface area (Å²) in [4.78, 5) is 14.8. The molecule has 1 fully saturated rings. The molecular formula is C27H31FN2O2. The van der Waals surface area contributed by atoms with Gasteiger partial charge in [-0.15, -0.1) is 0 Å². The van der Waals surface area contributed by atoms with Crippen molar-refractivity contribution in [1.29, 1.82) is 0 Å². The number of nitrogens with zero attached hydrogens (tertiary/aromatic N) is 2. The Morgan fingerprint density at radius 3 is 2.50 bits per heavy atom. The quantitative estimate of drug-likeness (QED) is 0.421. The van der Waals surface area contributed by atoms with Crippen LogP contribution in [0.4, 0.5) is 4.39 Å². The van der Waals surface area contributed by atoms with Gasteiger partial charge in [-0.05, 0) is 54.3 Å². The molecule has 4 nitrogen and oxygen atoms in total. The van der Waals surface area contributed by atoms with E-state index in [1.165, 1.54) is 57.0 Å². The third-order valence-corrected chi connectivity index (χ3v) is 6.44. The Balaban J connectivity index is 1.57. The van der Waals surface area contributed by atoms with Crippen LogP contribution in [0.3, 0.4) is 0 Å². The van der Waals surface area contributed by atoms with Crippen molar-refractivity contribution in [3.63, 3.8) is 0 Å². The topological polar surface area (TPSA) is 34.5 Å². The maximum atomic E-state index is 13.3. The standard InChI is InChI=1S/C27H31FN2O2/c1-32-27(31)26-12-6-5-8-22(26)19-30(24-9-3-2-4-10-24)20-25-11-7-17-29(25)18-21-13-15-23(28)16-14-21/h5-8,11-17,24H,2-4,9-10,18-20H2,1H3. The van der Waals surface area contributed by atoms with Crippen molar-refractivity contribution < 1.29 is 13.9 Å². The fourth-order valence-corrected chi connectivity index (χ4v) is 4.69. The van der Waals surface area contributed by atoms with Crippen LogP contribution < -0.4 is 0 Å². The maximum Gasteiger partial charge on any atom is 0.338 e. The van der Waals surface area contributed by atoms with Crippen LogP contribution >= 0.6 is 0 Å². The van der Waals surface area contributed by atoms with E-state index < -0.39 is 0 Å². The van der Waals surface area contributed by atoms with Crippen LogP contribution in [0.25, 0.3) is 0 Å². The zero-order valence-electron chi connectivity index (χ0n) is 18.7. The highest BCUT2D eigenvalue weighted by atomic mass is 19.1. The van der Waals surface area contributed by atoms with Crippen LogP contribution in [-0.2, 0) is 24.4 Å². The molecule has 2 aromatic carbocycles. The molecule has 1 heterocycles. The number of hydrogen-bond acceptors (Lipinski definition) is 3. The first-order valence-electron chi connectivity index (χ1n) is 11.4. The van der Waals surface area contributed by atoms with Gasteiger partial charge < -0.3 is 9.30 Å². The van der Waals surface area contributed by atoms with E-state index in [0.717, 1.165) is 17.7 Å². The summed E-state index contributed by atoms with van der Waals surface area (Å²) in [6.07, 6.45) is 8.23. The molecule has 1 aliphatic carbocycles. The van der Waals surface area contributed by atoms with E-state index in [2.05, 4.69) is 27.8 Å². The number of ether oxygens (including phenoxy) is 1. The molecule has 0 saturated heterocycles. The highest BCUT2D eigenvalue weighted by Crippen LogP contribution is 2.27. The van der Waals surface area contributed by atoms with Crippen molar-refractivity contribution in [1.82, 2.24) is 9.47 Å². The fraction of sp³-hybridized carbons (Fsp3) is 0.370. The number of aromatic nitrogens is 1. The van der Waals surface area contributed by atoms with Crippen molar-refractivity contribution in [2.24, 2.45) is 0 Å². The summed E-state index contributed by atoms with van der Waals surface area (Å²) >= 11 is 0. The molecule has 3 aromatic rings. The molecule has 32 heavy (non-hydrogen) atoms. The Morgan fingerprint density at radius 2 is 1.75 bits per heavy atom. The molecule has 0 aliphatic heterocycles. The smallest absolute Gasteiger partial charge is 0.338 e. The highest BCUT2D eigenvalue weighted by Gasteiger charge is 2.24. The molecule has 0 spiro atoms. The minimum Gasteiger partial charge on any atom is -0.465 e. The predicted molar refractivity (Wildman–Crippen MR) is 124 cm³/mol. The van der Waals surface area contributed by atoms with Gasteiger partial charge in [0.1, 0.15) is 5.82 Å². The van der Waals surface area contributed by atoms with Gasteiger partial charge in [0.2, 0.25) is 0 Å². The average Bonchev–Trinajstić information content (AvgIpc) is 3.27. The second kappa shape index (κ2) is 10.6. The largest absolute Gasteiger partial charge is 0.465 e. The van der Waals surface area contributed by atoms with Gasteiger partial charge in [0.25, 0.3) is 0 Å². The van der Waals surface area contributed by atoms with Gasteiger partial charge >= 0.3 is 5.97 Å². The fourth-order valence-electron chi connectivity index (χ4n) is 4.69. The SMILES string of the molecule is COC(=O)c1ccccc1CN(Cc1cccn1Cc1ccc(F)cc1)C1CCCCC1. The lowest BCUT2D eigenvalue weighted by Crippen LogP contribution is -2.36. The number of hydrogen-bond donors (Lipinski definition) is 0. The summed E-state index contributed by atoms with van der Waals surface area (Å²) in [5.41, 5.74) is 3.93. The zero-order chi connectivity index (χ0) is 22.3. The third-order valence-electron chi connectivity index (χ3n) is 6.44. The summed E-state index contributed by atoms with van der Waals surface area (Å²) in [5.74, 6) is -0.502. The Kier molecular flexibility index (Phi) is 7.38. The zero-order valence-corrected chi connectivity index (χ0v) is 18.7. The van der Waals surface area contributed by atoms with Crippen LogP contribution in [-0.4, -0.2) is 28.6 Å². The summed E-state index contributed by atoms with van der Waals surface area (Å²) in [5, 5.41) is 0. The first-order chi connectivity index (χ1) is 15.6. The monoisotopic (exact) mass is 434 g/mol. The second-order valence-corrected chi connectivity index (χ2v) is 8.60. The van der Waals surface area contributed by atoms with Crippen LogP contribution in [0.2, 0.25) is 0 Å². The minimum atomic E-state index is -0.288. The Labute approximate surface area is 189 Å². The van der Waals surface area contributed by atoms with Gasteiger partial charge in [-0.3, -0.25) is 4.90 Å². The van der Waals surface area contributed by atoms with Gasteiger partial charge in [-0.2, -0.15) is 0 Å². The molecule has 0 radical (unpaired) electrons. The van der Waals surface area contributed by atoms with Crippen molar-refractivity contribution in [3.8, 4) is 0 Å².